The molecule has 4 heteroatoms. The van der Waals surface area contributed by atoms with Gasteiger partial charge in [-0.1, -0.05) is 13.8 Å². The molecule has 4 nitrogen and oxygen atoms in total. The molecule has 0 amide bonds. The molecule has 2 rings (SSSR count). The van der Waals surface area contributed by atoms with Crippen molar-refractivity contribution in [2.75, 3.05) is 0 Å². The van der Waals surface area contributed by atoms with Crippen LogP contribution in [0.4, 0.5) is 0 Å². The van der Waals surface area contributed by atoms with Crippen LogP contribution in [0.2, 0.25) is 0 Å². The van der Waals surface area contributed by atoms with E-state index in [1.165, 1.54) is 13.0 Å². The standard InChI is InChI=1S/C16H18O4/c1-5-8(2)11-7-12-9(3)6-13(18)20-16(12)14(10(4)17)15(11)19/h6-8,19H,5H2,1-4H3. The zero-order valence-corrected chi connectivity index (χ0v) is 12.1. The van der Waals surface area contributed by atoms with Crippen LogP contribution in [0.3, 0.4) is 0 Å². The van der Waals surface area contributed by atoms with E-state index >= 15 is 0 Å². The molecule has 1 aromatic carbocycles. The molecule has 0 radical (unpaired) electrons. The van der Waals surface area contributed by atoms with Crippen molar-refractivity contribution in [3.05, 3.63) is 39.2 Å². The Morgan fingerprint density at radius 3 is 2.60 bits per heavy atom. The fourth-order valence-corrected chi connectivity index (χ4v) is 2.38. The number of ketones is 1. The lowest BCUT2D eigenvalue weighted by Gasteiger charge is -2.16. The van der Waals surface area contributed by atoms with Crippen molar-refractivity contribution in [1.29, 1.82) is 0 Å². The number of benzene rings is 1. The maximum Gasteiger partial charge on any atom is 0.336 e. The van der Waals surface area contributed by atoms with Gasteiger partial charge in [0.15, 0.2) is 11.4 Å². The number of Topliss-reactive ketones (excluding diaryl/α,β-unsaturated/α-hetero) is 1. The average Bonchev–Trinajstić information content (AvgIpc) is 2.36. The van der Waals surface area contributed by atoms with E-state index in [4.69, 9.17) is 4.42 Å². The van der Waals surface area contributed by atoms with Gasteiger partial charge in [0.2, 0.25) is 0 Å². The van der Waals surface area contributed by atoms with Crippen LogP contribution in [-0.2, 0) is 0 Å². The lowest BCUT2D eigenvalue weighted by atomic mass is 9.91. The number of phenolic OH excluding ortho intramolecular Hbond substituents is 1. The fraction of sp³-hybridized carbons (Fsp3) is 0.375. The Hall–Kier alpha value is -2.10. The number of rotatable bonds is 3. The van der Waals surface area contributed by atoms with E-state index in [1.54, 1.807) is 6.92 Å². The molecule has 2 aromatic rings. The van der Waals surface area contributed by atoms with Crippen LogP contribution in [0, 0.1) is 6.92 Å². The molecule has 1 atom stereocenters. The minimum absolute atomic E-state index is 0.0758. The molecule has 1 aromatic heterocycles. The summed E-state index contributed by atoms with van der Waals surface area (Å²) in [6.07, 6.45) is 0.840. The highest BCUT2D eigenvalue weighted by atomic mass is 16.4. The minimum Gasteiger partial charge on any atom is -0.507 e. The van der Waals surface area contributed by atoms with Gasteiger partial charge in [0, 0.05) is 11.5 Å². The van der Waals surface area contributed by atoms with E-state index in [0.717, 1.165) is 12.0 Å². The first-order valence-corrected chi connectivity index (χ1v) is 6.68. The molecule has 1 unspecified atom stereocenters. The van der Waals surface area contributed by atoms with Crippen molar-refractivity contribution >= 4 is 16.8 Å². The minimum atomic E-state index is -0.520. The highest BCUT2D eigenvalue weighted by Gasteiger charge is 2.21. The summed E-state index contributed by atoms with van der Waals surface area (Å²) in [6, 6.07) is 3.20. The van der Waals surface area contributed by atoms with Crippen LogP contribution < -0.4 is 5.63 Å². The van der Waals surface area contributed by atoms with Gasteiger partial charge in [0.25, 0.3) is 0 Å². The van der Waals surface area contributed by atoms with Gasteiger partial charge >= 0.3 is 5.63 Å². The number of fused-ring (bicyclic) bond motifs is 1. The van der Waals surface area contributed by atoms with Gasteiger partial charge in [0.1, 0.15) is 11.3 Å². The van der Waals surface area contributed by atoms with Gasteiger partial charge in [-0.25, -0.2) is 4.79 Å². The molecular formula is C16H18O4. The summed E-state index contributed by atoms with van der Waals surface area (Å²) in [5, 5.41) is 11.1. The quantitative estimate of drug-likeness (QED) is 0.686. The molecule has 1 N–H and O–H groups in total. The molecule has 0 aliphatic carbocycles. The van der Waals surface area contributed by atoms with E-state index in [9.17, 15) is 14.7 Å². The highest BCUT2D eigenvalue weighted by molar-refractivity contribution is 6.08. The first-order chi connectivity index (χ1) is 9.36. The molecule has 0 aliphatic rings. The summed E-state index contributed by atoms with van der Waals surface area (Å²) in [6.45, 7) is 7.15. The normalized spacial score (nSPS) is 12.6. The van der Waals surface area contributed by atoms with E-state index in [0.29, 0.717) is 10.9 Å². The lowest BCUT2D eigenvalue weighted by Crippen LogP contribution is -2.05. The third kappa shape index (κ3) is 2.22. The Balaban J connectivity index is 2.99. The zero-order valence-electron chi connectivity index (χ0n) is 12.1. The van der Waals surface area contributed by atoms with Crippen LogP contribution in [0.1, 0.15) is 54.6 Å². The summed E-state index contributed by atoms with van der Waals surface area (Å²) in [4.78, 5) is 23.3. The molecule has 0 saturated heterocycles. The zero-order chi connectivity index (χ0) is 15.0. The maximum atomic E-state index is 11.8. The van der Waals surface area contributed by atoms with Gasteiger partial charge in [-0.3, -0.25) is 4.79 Å². The molecule has 20 heavy (non-hydrogen) atoms. The van der Waals surface area contributed by atoms with Crippen LogP contribution in [0.25, 0.3) is 11.0 Å². The summed E-state index contributed by atoms with van der Waals surface area (Å²) < 4.78 is 5.15. The van der Waals surface area contributed by atoms with Crippen molar-refractivity contribution < 1.29 is 14.3 Å². The molecule has 0 fully saturated rings. The molecule has 106 valence electrons. The first-order valence-electron chi connectivity index (χ1n) is 6.68. The first kappa shape index (κ1) is 14.3. The Bertz CT molecular complexity index is 740. The van der Waals surface area contributed by atoms with Crippen molar-refractivity contribution in [2.45, 2.75) is 40.0 Å². The summed E-state index contributed by atoms with van der Waals surface area (Å²) in [7, 11) is 0. The Kier molecular flexibility index (Phi) is 3.66. The van der Waals surface area contributed by atoms with E-state index in [1.807, 2.05) is 19.9 Å². The molecule has 0 bridgehead atoms. The van der Waals surface area contributed by atoms with Gasteiger partial charge in [-0.2, -0.15) is 0 Å². The van der Waals surface area contributed by atoms with E-state index < -0.39 is 5.63 Å². The van der Waals surface area contributed by atoms with E-state index in [-0.39, 0.29) is 28.6 Å². The number of phenols is 1. The van der Waals surface area contributed by atoms with Crippen LogP contribution in [-0.4, -0.2) is 10.9 Å². The second kappa shape index (κ2) is 5.12. The third-order valence-corrected chi connectivity index (χ3v) is 3.74. The van der Waals surface area contributed by atoms with Crippen LogP contribution >= 0.6 is 0 Å². The second-order valence-corrected chi connectivity index (χ2v) is 5.18. The second-order valence-electron chi connectivity index (χ2n) is 5.18. The maximum absolute atomic E-state index is 11.8. The number of aromatic hydroxyl groups is 1. The fourth-order valence-electron chi connectivity index (χ4n) is 2.38. The molecule has 0 spiro atoms. The van der Waals surface area contributed by atoms with Crippen LogP contribution in [0.15, 0.2) is 21.3 Å². The number of aryl methyl sites for hydroxylation is 1. The highest BCUT2D eigenvalue weighted by Crippen LogP contribution is 2.37. The molecular weight excluding hydrogens is 256 g/mol. The molecule has 0 saturated carbocycles. The van der Waals surface area contributed by atoms with Gasteiger partial charge in [0.05, 0.1) is 0 Å². The smallest absolute Gasteiger partial charge is 0.336 e. The number of carbonyl (C=O) groups excluding carboxylic acids is 1. The molecule has 0 aliphatic heterocycles. The number of hydrogen-bond donors (Lipinski definition) is 1. The Morgan fingerprint density at radius 2 is 2.05 bits per heavy atom. The van der Waals surface area contributed by atoms with E-state index in [2.05, 4.69) is 0 Å². The predicted molar refractivity (Wildman–Crippen MR) is 77.6 cm³/mol. The lowest BCUT2D eigenvalue weighted by molar-refractivity contribution is 0.101. The SMILES string of the molecule is CCC(C)c1cc2c(C)cc(=O)oc2c(C(C)=O)c1O. The predicted octanol–water partition coefficient (Wildman–Crippen LogP) is 3.52. The van der Waals surface area contributed by atoms with Crippen LogP contribution in [0.5, 0.6) is 5.75 Å². The van der Waals surface area contributed by atoms with Gasteiger partial charge < -0.3 is 9.52 Å². The van der Waals surface area contributed by atoms with Gasteiger partial charge in [-0.05, 0) is 43.4 Å². The van der Waals surface area contributed by atoms with Gasteiger partial charge in [-0.15, -0.1) is 0 Å². The average molecular weight is 274 g/mol. The Morgan fingerprint density at radius 1 is 1.40 bits per heavy atom. The number of carbonyl (C=O) groups is 1. The number of hydrogen-bond acceptors (Lipinski definition) is 4. The third-order valence-electron chi connectivity index (χ3n) is 3.74. The molecule has 1 heterocycles. The summed E-state index contributed by atoms with van der Waals surface area (Å²) >= 11 is 0. The summed E-state index contributed by atoms with van der Waals surface area (Å²) in [5.74, 6) is -0.275. The monoisotopic (exact) mass is 274 g/mol. The summed E-state index contributed by atoms with van der Waals surface area (Å²) in [5.41, 5.74) is 1.20. The Labute approximate surface area is 117 Å². The largest absolute Gasteiger partial charge is 0.507 e. The topological polar surface area (TPSA) is 67.5 Å². The van der Waals surface area contributed by atoms with Crippen molar-refractivity contribution in [3.63, 3.8) is 0 Å². The van der Waals surface area contributed by atoms with Crippen molar-refractivity contribution in [3.8, 4) is 5.75 Å². The van der Waals surface area contributed by atoms with Crippen molar-refractivity contribution in [1.82, 2.24) is 0 Å². The van der Waals surface area contributed by atoms with Crippen molar-refractivity contribution in [2.24, 2.45) is 0 Å².